The summed E-state index contributed by atoms with van der Waals surface area (Å²) < 4.78 is 29.6. The number of carbonyl (C=O) groups excluding carboxylic acids is 2. The van der Waals surface area contributed by atoms with Crippen LogP contribution in [0.3, 0.4) is 0 Å². The summed E-state index contributed by atoms with van der Waals surface area (Å²) in [5.74, 6) is -1.29. The van der Waals surface area contributed by atoms with Crippen molar-refractivity contribution in [3.63, 3.8) is 0 Å². The third-order valence-corrected chi connectivity index (χ3v) is 3.95. The summed E-state index contributed by atoms with van der Waals surface area (Å²) in [6.07, 6.45) is -1.13. The number of hydrogen-bond acceptors (Lipinski definition) is 5. The summed E-state index contributed by atoms with van der Waals surface area (Å²) in [6, 6.07) is 8.69. The van der Waals surface area contributed by atoms with Gasteiger partial charge in [-0.25, -0.2) is 9.18 Å². The quantitative estimate of drug-likeness (QED) is 0.712. The van der Waals surface area contributed by atoms with Gasteiger partial charge in [0.25, 0.3) is 5.91 Å². The van der Waals surface area contributed by atoms with E-state index in [2.05, 4.69) is 21.2 Å². The molecule has 1 N–H and O–H groups in total. The van der Waals surface area contributed by atoms with Crippen LogP contribution in [0.2, 0.25) is 0 Å². The number of benzene rings is 2. The van der Waals surface area contributed by atoms with Crippen molar-refractivity contribution in [1.29, 1.82) is 0 Å². The van der Waals surface area contributed by atoms with Crippen LogP contribution in [0, 0.1) is 5.82 Å². The molecule has 1 atom stereocenters. The Hall–Kier alpha value is -2.61. The van der Waals surface area contributed by atoms with E-state index in [4.69, 9.17) is 14.2 Å². The topological polar surface area (TPSA) is 73.9 Å². The van der Waals surface area contributed by atoms with Gasteiger partial charge < -0.3 is 19.5 Å². The Morgan fingerprint density at radius 2 is 1.77 bits per heavy atom. The molecule has 0 aromatic heterocycles. The highest BCUT2D eigenvalue weighted by Crippen LogP contribution is 2.29. The van der Waals surface area contributed by atoms with Gasteiger partial charge in [-0.2, -0.15) is 0 Å². The summed E-state index contributed by atoms with van der Waals surface area (Å²) >= 11 is 3.15. The zero-order chi connectivity index (χ0) is 19.3. The Morgan fingerprint density at radius 1 is 1.08 bits per heavy atom. The Balaban J connectivity index is 2.05. The lowest BCUT2D eigenvalue weighted by Gasteiger charge is -2.15. The van der Waals surface area contributed by atoms with Gasteiger partial charge in [0, 0.05) is 16.2 Å². The van der Waals surface area contributed by atoms with E-state index in [0.29, 0.717) is 21.7 Å². The number of methoxy groups -OCH3 is 2. The van der Waals surface area contributed by atoms with Gasteiger partial charge in [-0.15, -0.1) is 0 Å². The zero-order valence-corrected chi connectivity index (χ0v) is 15.9. The molecule has 0 radical (unpaired) electrons. The minimum absolute atomic E-state index is 0.259. The van der Waals surface area contributed by atoms with Gasteiger partial charge in [0.05, 0.1) is 19.8 Å². The molecule has 0 aliphatic carbocycles. The van der Waals surface area contributed by atoms with E-state index in [-0.39, 0.29) is 5.56 Å². The van der Waals surface area contributed by atoms with Crippen molar-refractivity contribution in [2.45, 2.75) is 13.0 Å². The van der Waals surface area contributed by atoms with Gasteiger partial charge >= 0.3 is 5.97 Å². The molecule has 0 aliphatic rings. The number of amides is 1. The predicted octanol–water partition coefficient (Wildman–Crippen LogP) is 3.79. The van der Waals surface area contributed by atoms with Gasteiger partial charge in [-0.05, 0) is 37.3 Å². The lowest BCUT2D eigenvalue weighted by atomic mass is 10.2. The van der Waals surface area contributed by atoms with Crippen molar-refractivity contribution in [2.75, 3.05) is 19.5 Å². The minimum atomic E-state index is -1.13. The van der Waals surface area contributed by atoms with Crippen LogP contribution in [0.1, 0.15) is 17.3 Å². The van der Waals surface area contributed by atoms with Gasteiger partial charge in [0.15, 0.2) is 17.6 Å². The largest absolute Gasteiger partial charge is 0.493 e. The molecule has 0 spiro atoms. The second-order valence-electron chi connectivity index (χ2n) is 5.23. The van der Waals surface area contributed by atoms with E-state index in [1.54, 1.807) is 18.2 Å². The average Bonchev–Trinajstić information content (AvgIpc) is 2.63. The molecule has 2 aromatic carbocycles. The first-order chi connectivity index (χ1) is 12.3. The maximum absolute atomic E-state index is 13.7. The second-order valence-corrected chi connectivity index (χ2v) is 6.15. The molecule has 0 aliphatic heterocycles. The van der Waals surface area contributed by atoms with Crippen LogP contribution in [-0.2, 0) is 9.53 Å². The van der Waals surface area contributed by atoms with E-state index in [9.17, 15) is 14.0 Å². The second kappa shape index (κ2) is 8.66. The number of anilines is 1. The van der Waals surface area contributed by atoms with E-state index in [1.165, 1.54) is 33.3 Å². The number of esters is 1. The Labute approximate surface area is 158 Å². The zero-order valence-electron chi connectivity index (χ0n) is 14.3. The van der Waals surface area contributed by atoms with Crippen molar-refractivity contribution in [3.05, 3.63) is 52.3 Å². The maximum atomic E-state index is 13.7. The molecule has 0 heterocycles. The van der Waals surface area contributed by atoms with Crippen LogP contribution in [0.15, 0.2) is 40.9 Å². The van der Waals surface area contributed by atoms with Gasteiger partial charge in [0.1, 0.15) is 5.82 Å². The van der Waals surface area contributed by atoms with Crippen molar-refractivity contribution >= 4 is 33.5 Å². The van der Waals surface area contributed by atoms with Crippen molar-refractivity contribution in [2.24, 2.45) is 0 Å². The van der Waals surface area contributed by atoms with Crippen LogP contribution in [0.4, 0.5) is 10.1 Å². The summed E-state index contributed by atoms with van der Waals surface area (Å²) in [6.45, 7) is 1.39. The summed E-state index contributed by atoms with van der Waals surface area (Å²) in [7, 11) is 2.97. The molecule has 1 amide bonds. The lowest BCUT2D eigenvalue weighted by molar-refractivity contribution is -0.123. The minimum Gasteiger partial charge on any atom is -0.493 e. The number of hydrogen-bond donors (Lipinski definition) is 1. The molecule has 2 aromatic rings. The third-order valence-electron chi connectivity index (χ3n) is 3.45. The SMILES string of the molecule is COc1ccc(NC(=O)C(C)OC(=O)c2cc(Br)ccc2F)cc1OC. The van der Waals surface area contributed by atoms with E-state index in [0.717, 1.165) is 6.07 Å². The van der Waals surface area contributed by atoms with Crippen LogP contribution in [0.5, 0.6) is 11.5 Å². The first-order valence-corrected chi connectivity index (χ1v) is 8.34. The molecule has 138 valence electrons. The number of ether oxygens (including phenoxy) is 3. The van der Waals surface area contributed by atoms with Crippen LogP contribution in [0.25, 0.3) is 0 Å². The molecule has 26 heavy (non-hydrogen) atoms. The molecule has 1 unspecified atom stereocenters. The highest BCUT2D eigenvalue weighted by Gasteiger charge is 2.22. The molecule has 2 rings (SSSR count). The summed E-state index contributed by atoms with van der Waals surface area (Å²) in [4.78, 5) is 24.3. The summed E-state index contributed by atoms with van der Waals surface area (Å²) in [5, 5.41) is 2.60. The molecule has 0 fully saturated rings. The first kappa shape index (κ1) is 19.7. The Bertz CT molecular complexity index is 827. The number of nitrogens with one attached hydrogen (secondary N) is 1. The maximum Gasteiger partial charge on any atom is 0.341 e. The first-order valence-electron chi connectivity index (χ1n) is 7.54. The van der Waals surface area contributed by atoms with Crippen molar-refractivity contribution < 1.29 is 28.2 Å². The molecular weight excluding hydrogens is 409 g/mol. The van der Waals surface area contributed by atoms with Gasteiger partial charge in [-0.1, -0.05) is 15.9 Å². The van der Waals surface area contributed by atoms with Crippen LogP contribution in [-0.4, -0.2) is 32.2 Å². The number of rotatable bonds is 6. The van der Waals surface area contributed by atoms with Crippen molar-refractivity contribution in [1.82, 2.24) is 0 Å². The molecule has 8 heteroatoms. The molecular formula is C18H17BrFNO5. The van der Waals surface area contributed by atoms with E-state index >= 15 is 0 Å². The highest BCUT2D eigenvalue weighted by atomic mass is 79.9. The van der Waals surface area contributed by atoms with Gasteiger partial charge in [0.2, 0.25) is 0 Å². The number of halogens is 2. The van der Waals surface area contributed by atoms with Crippen molar-refractivity contribution in [3.8, 4) is 11.5 Å². The Kier molecular flexibility index (Phi) is 6.57. The molecule has 6 nitrogen and oxygen atoms in total. The lowest BCUT2D eigenvalue weighted by Crippen LogP contribution is -2.30. The highest BCUT2D eigenvalue weighted by molar-refractivity contribution is 9.10. The average molecular weight is 426 g/mol. The van der Waals surface area contributed by atoms with Gasteiger partial charge in [-0.3, -0.25) is 4.79 Å². The molecule has 0 saturated carbocycles. The fourth-order valence-corrected chi connectivity index (χ4v) is 2.45. The summed E-state index contributed by atoms with van der Waals surface area (Å²) in [5.41, 5.74) is 0.175. The fourth-order valence-electron chi connectivity index (χ4n) is 2.09. The Morgan fingerprint density at radius 3 is 2.42 bits per heavy atom. The van der Waals surface area contributed by atoms with Crippen LogP contribution >= 0.6 is 15.9 Å². The monoisotopic (exact) mass is 425 g/mol. The molecule has 0 bridgehead atoms. The molecule has 0 saturated heterocycles. The normalized spacial score (nSPS) is 11.4. The third kappa shape index (κ3) is 4.72. The van der Waals surface area contributed by atoms with E-state index in [1.807, 2.05) is 0 Å². The standard InChI is InChI=1S/C18H17BrFNO5/c1-10(26-18(23)13-8-11(19)4-6-14(13)20)17(22)21-12-5-7-15(24-2)16(9-12)25-3/h4-10H,1-3H3,(H,21,22). The smallest absolute Gasteiger partial charge is 0.341 e. The van der Waals surface area contributed by atoms with Crippen LogP contribution < -0.4 is 14.8 Å². The number of carbonyl (C=O) groups is 2. The van der Waals surface area contributed by atoms with E-state index < -0.39 is 23.8 Å². The fraction of sp³-hybridized carbons (Fsp3) is 0.222. The predicted molar refractivity (Wildman–Crippen MR) is 97.2 cm³/mol.